The standard InChI is InChI=1S/C19H11F3N6O/c20-19(21,22)17-7-12(11-5-6-11)26-18(27-17)29-16-4-2-1-3-14(16)28-10-25-13(8-23)15(28)9-24/h1-4,7,10-11H,5-6H2. The molecule has 0 amide bonds. The van der Waals surface area contributed by atoms with Gasteiger partial charge in [-0.25, -0.2) is 4.98 Å². The number of imidazole rings is 1. The second-order valence-electron chi connectivity index (χ2n) is 6.34. The molecule has 2 aromatic heterocycles. The maximum atomic E-state index is 13.2. The van der Waals surface area contributed by atoms with Crippen LogP contribution in [0.1, 0.15) is 41.5 Å². The first kappa shape index (κ1) is 18.4. The van der Waals surface area contributed by atoms with Gasteiger partial charge in [-0.2, -0.15) is 33.7 Å². The number of ether oxygens (including phenoxy) is 1. The van der Waals surface area contributed by atoms with Crippen LogP contribution in [0.25, 0.3) is 5.69 Å². The summed E-state index contributed by atoms with van der Waals surface area (Å²) in [6.45, 7) is 0. The molecule has 0 bridgehead atoms. The van der Waals surface area contributed by atoms with E-state index in [1.807, 2.05) is 12.1 Å². The van der Waals surface area contributed by atoms with Crippen molar-refractivity contribution < 1.29 is 17.9 Å². The van der Waals surface area contributed by atoms with Crippen LogP contribution in [0, 0.1) is 22.7 Å². The SMILES string of the molecule is N#Cc1ncn(-c2ccccc2Oc2nc(C3CC3)cc(C(F)(F)F)n2)c1C#N. The van der Waals surface area contributed by atoms with Crippen LogP contribution in [-0.2, 0) is 6.18 Å². The second kappa shape index (κ2) is 6.91. The number of nitrogens with zero attached hydrogens (tertiary/aromatic N) is 6. The van der Waals surface area contributed by atoms with Crippen molar-refractivity contribution in [3.8, 4) is 29.6 Å². The summed E-state index contributed by atoms with van der Waals surface area (Å²) in [6, 6.07) is 10.6. The molecule has 0 radical (unpaired) electrons. The number of alkyl halides is 3. The van der Waals surface area contributed by atoms with Crippen molar-refractivity contribution in [1.82, 2.24) is 19.5 Å². The van der Waals surface area contributed by atoms with Crippen molar-refractivity contribution in [2.75, 3.05) is 0 Å². The fourth-order valence-corrected chi connectivity index (χ4v) is 2.78. The maximum Gasteiger partial charge on any atom is 0.433 e. The minimum absolute atomic E-state index is 0.0211. The Hall–Kier alpha value is -3.92. The van der Waals surface area contributed by atoms with Gasteiger partial charge in [0.05, 0.1) is 11.4 Å². The normalized spacial score (nSPS) is 13.6. The molecule has 2 heterocycles. The minimum Gasteiger partial charge on any atom is -0.422 e. The van der Waals surface area contributed by atoms with E-state index in [2.05, 4.69) is 15.0 Å². The Morgan fingerprint density at radius 1 is 1.10 bits per heavy atom. The van der Waals surface area contributed by atoms with E-state index in [-0.39, 0.29) is 28.7 Å². The molecule has 29 heavy (non-hydrogen) atoms. The number of nitriles is 2. The van der Waals surface area contributed by atoms with Gasteiger partial charge in [-0.3, -0.25) is 4.57 Å². The van der Waals surface area contributed by atoms with Crippen LogP contribution in [0.4, 0.5) is 13.2 Å². The van der Waals surface area contributed by atoms with Gasteiger partial charge in [0.15, 0.2) is 22.8 Å². The number of para-hydroxylation sites is 2. The first-order chi connectivity index (χ1) is 13.9. The van der Waals surface area contributed by atoms with Crippen molar-refractivity contribution >= 4 is 0 Å². The van der Waals surface area contributed by atoms with Gasteiger partial charge in [0, 0.05) is 5.92 Å². The van der Waals surface area contributed by atoms with Crippen LogP contribution in [0.5, 0.6) is 11.8 Å². The van der Waals surface area contributed by atoms with Crippen LogP contribution in [0.2, 0.25) is 0 Å². The van der Waals surface area contributed by atoms with Gasteiger partial charge in [0.25, 0.3) is 0 Å². The van der Waals surface area contributed by atoms with Crippen LogP contribution in [0.15, 0.2) is 36.7 Å². The van der Waals surface area contributed by atoms with Gasteiger partial charge in [0.1, 0.15) is 18.5 Å². The number of benzene rings is 1. The Balaban J connectivity index is 1.77. The third-order valence-corrected chi connectivity index (χ3v) is 4.32. The lowest BCUT2D eigenvalue weighted by Gasteiger charge is -2.13. The summed E-state index contributed by atoms with van der Waals surface area (Å²) in [5.74, 6) is 0.0840. The van der Waals surface area contributed by atoms with Crippen molar-refractivity contribution in [2.24, 2.45) is 0 Å². The van der Waals surface area contributed by atoms with Crippen molar-refractivity contribution in [3.63, 3.8) is 0 Å². The molecule has 1 saturated carbocycles. The number of hydrogen-bond donors (Lipinski definition) is 0. The average molecular weight is 396 g/mol. The molecule has 1 aliphatic carbocycles. The van der Waals surface area contributed by atoms with Gasteiger partial charge >= 0.3 is 12.2 Å². The van der Waals surface area contributed by atoms with Crippen molar-refractivity contribution in [3.05, 3.63) is 59.4 Å². The molecule has 3 aromatic rings. The zero-order valence-corrected chi connectivity index (χ0v) is 14.7. The van der Waals surface area contributed by atoms with E-state index in [9.17, 15) is 18.4 Å². The van der Waals surface area contributed by atoms with Crippen LogP contribution in [-0.4, -0.2) is 19.5 Å². The zero-order chi connectivity index (χ0) is 20.6. The lowest BCUT2D eigenvalue weighted by molar-refractivity contribution is -0.141. The molecule has 7 nitrogen and oxygen atoms in total. The second-order valence-corrected chi connectivity index (χ2v) is 6.34. The van der Waals surface area contributed by atoms with Crippen LogP contribution < -0.4 is 4.74 Å². The highest BCUT2D eigenvalue weighted by Gasteiger charge is 2.36. The largest absolute Gasteiger partial charge is 0.433 e. The molecule has 4 rings (SSSR count). The number of hydrogen-bond acceptors (Lipinski definition) is 6. The van der Waals surface area contributed by atoms with Gasteiger partial charge in [-0.05, 0) is 31.0 Å². The molecular weight excluding hydrogens is 385 g/mol. The fourth-order valence-electron chi connectivity index (χ4n) is 2.78. The molecule has 0 atom stereocenters. The molecule has 0 spiro atoms. The Morgan fingerprint density at radius 2 is 1.86 bits per heavy atom. The predicted octanol–water partition coefficient (Wildman–Crippen LogP) is 4.09. The molecular formula is C19H11F3N6O. The summed E-state index contributed by atoms with van der Waals surface area (Å²) < 4.78 is 46.6. The van der Waals surface area contributed by atoms with Gasteiger partial charge in [-0.1, -0.05) is 12.1 Å². The first-order valence-electron chi connectivity index (χ1n) is 8.51. The molecule has 1 aliphatic rings. The average Bonchev–Trinajstić information content (AvgIpc) is 3.47. The summed E-state index contributed by atoms with van der Waals surface area (Å²) in [7, 11) is 0. The van der Waals surface area contributed by atoms with E-state index in [0.29, 0.717) is 5.69 Å². The summed E-state index contributed by atoms with van der Waals surface area (Å²) >= 11 is 0. The monoisotopic (exact) mass is 396 g/mol. The number of rotatable bonds is 4. The maximum absolute atomic E-state index is 13.2. The summed E-state index contributed by atoms with van der Waals surface area (Å²) in [6.07, 6.45) is -1.84. The van der Waals surface area contributed by atoms with E-state index in [4.69, 9.17) is 10.00 Å². The smallest absolute Gasteiger partial charge is 0.422 e. The molecule has 1 aromatic carbocycles. The lowest BCUT2D eigenvalue weighted by atomic mass is 10.2. The molecule has 1 fully saturated rings. The Morgan fingerprint density at radius 3 is 2.52 bits per heavy atom. The van der Waals surface area contributed by atoms with Crippen molar-refractivity contribution in [2.45, 2.75) is 24.9 Å². The van der Waals surface area contributed by atoms with E-state index >= 15 is 0 Å². The first-order valence-corrected chi connectivity index (χ1v) is 8.51. The highest BCUT2D eigenvalue weighted by molar-refractivity contribution is 5.52. The third-order valence-electron chi connectivity index (χ3n) is 4.32. The zero-order valence-electron chi connectivity index (χ0n) is 14.7. The minimum atomic E-state index is -4.63. The number of halogens is 3. The summed E-state index contributed by atoms with van der Waals surface area (Å²) in [4.78, 5) is 11.5. The molecule has 144 valence electrons. The molecule has 0 N–H and O–H groups in total. The van der Waals surface area contributed by atoms with E-state index < -0.39 is 17.9 Å². The van der Waals surface area contributed by atoms with E-state index in [1.165, 1.54) is 17.0 Å². The van der Waals surface area contributed by atoms with Gasteiger partial charge in [-0.15, -0.1) is 0 Å². The lowest BCUT2D eigenvalue weighted by Crippen LogP contribution is -2.11. The third kappa shape index (κ3) is 3.60. The van der Waals surface area contributed by atoms with Gasteiger partial charge in [0.2, 0.25) is 0 Å². The topological polar surface area (TPSA) is 100 Å². The Kier molecular flexibility index (Phi) is 4.40. The Bertz CT molecular complexity index is 1170. The summed E-state index contributed by atoms with van der Waals surface area (Å²) in [5, 5.41) is 18.4. The van der Waals surface area contributed by atoms with Gasteiger partial charge < -0.3 is 4.74 Å². The number of aromatic nitrogens is 4. The molecule has 10 heteroatoms. The van der Waals surface area contributed by atoms with Crippen LogP contribution >= 0.6 is 0 Å². The summed E-state index contributed by atoms with van der Waals surface area (Å²) in [5.41, 5.74) is -0.575. The van der Waals surface area contributed by atoms with Crippen molar-refractivity contribution in [1.29, 1.82) is 10.5 Å². The molecule has 0 aliphatic heterocycles. The van der Waals surface area contributed by atoms with Crippen LogP contribution in [0.3, 0.4) is 0 Å². The van der Waals surface area contributed by atoms with E-state index in [0.717, 1.165) is 18.9 Å². The van der Waals surface area contributed by atoms with E-state index in [1.54, 1.807) is 18.2 Å². The quantitative estimate of drug-likeness (QED) is 0.658. The predicted molar refractivity (Wildman–Crippen MR) is 92.1 cm³/mol. The fraction of sp³-hybridized carbons (Fsp3) is 0.211. The molecule has 0 unspecified atom stereocenters. The highest BCUT2D eigenvalue weighted by Crippen LogP contribution is 2.41. The highest BCUT2D eigenvalue weighted by atomic mass is 19.4. The Labute approximate surface area is 162 Å². The molecule has 0 saturated heterocycles.